The largest absolute Gasteiger partial charge is 0.474 e. The van der Waals surface area contributed by atoms with Crippen molar-refractivity contribution < 1.29 is 19.3 Å². The van der Waals surface area contributed by atoms with Crippen LogP contribution in [0.5, 0.6) is 5.88 Å². The first-order valence-corrected chi connectivity index (χ1v) is 11.1. The van der Waals surface area contributed by atoms with E-state index in [9.17, 15) is 5.11 Å². The molecule has 1 saturated heterocycles. The highest BCUT2D eigenvalue weighted by atomic mass is 16.5. The van der Waals surface area contributed by atoms with Crippen LogP contribution in [0.25, 0.3) is 10.8 Å². The normalized spacial score (nSPS) is 24.0. The Bertz CT molecular complexity index is 833. The third kappa shape index (κ3) is 5.02. The number of aromatic nitrogens is 2. The summed E-state index contributed by atoms with van der Waals surface area (Å²) in [5.74, 6) is 1.88. The smallest absolute Gasteiger partial charge is 0.223 e. The van der Waals surface area contributed by atoms with Gasteiger partial charge < -0.3 is 24.6 Å². The Hall–Kier alpha value is -1.96. The van der Waals surface area contributed by atoms with Crippen molar-refractivity contribution in [2.75, 3.05) is 32.2 Å². The Balaban J connectivity index is 1.67. The van der Waals surface area contributed by atoms with Gasteiger partial charge in [0.15, 0.2) is 0 Å². The molecule has 7 nitrogen and oxygen atoms in total. The predicted octanol–water partition coefficient (Wildman–Crippen LogP) is 3.65. The van der Waals surface area contributed by atoms with E-state index in [-0.39, 0.29) is 18.2 Å². The second-order valence-corrected chi connectivity index (χ2v) is 8.57. The van der Waals surface area contributed by atoms with Crippen LogP contribution >= 0.6 is 0 Å². The van der Waals surface area contributed by atoms with E-state index in [2.05, 4.69) is 23.3 Å². The number of methoxy groups -OCH3 is 1. The zero-order valence-corrected chi connectivity index (χ0v) is 18.0. The van der Waals surface area contributed by atoms with Gasteiger partial charge in [0.05, 0.1) is 31.3 Å². The minimum atomic E-state index is -0.176. The van der Waals surface area contributed by atoms with Gasteiger partial charge in [-0.1, -0.05) is 0 Å². The molecular formula is C23H33N3O4. The molecule has 0 radical (unpaired) electrons. The van der Waals surface area contributed by atoms with E-state index in [0.717, 1.165) is 68.3 Å². The molecule has 3 heterocycles. The van der Waals surface area contributed by atoms with Crippen LogP contribution in [-0.4, -0.2) is 60.3 Å². The Morgan fingerprint density at radius 2 is 1.87 bits per heavy atom. The molecule has 2 aromatic rings. The van der Waals surface area contributed by atoms with Crippen molar-refractivity contribution in [3.05, 3.63) is 24.0 Å². The number of rotatable bonds is 7. The summed E-state index contributed by atoms with van der Waals surface area (Å²) in [6, 6.07) is 2.27. The van der Waals surface area contributed by atoms with E-state index < -0.39 is 0 Å². The third-order valence-electron chi connectivity index (χ3n) is 6.16. The van der Waals surface area contributed by atoms with Crippen LogP contribution in [0.3, 0.4) is 0 Å². The van der Waals surface area contributed by atoms with Crippen molar-refractivity contribution in [1.29, 1.82) is 0 Å². The Labute approximate surface area is 178 Å². The number of ether oxygens (including phenoxy) is 3. The van der Waals surface area contributed by atoms with E-state index >= 15 is 0 Å². The molecule has 2 aromatic heterocycles. The van der Waals surface area contributed by atoms with Gasteiger partial charge in [0.1, 0.15) is 11.9 Å². The molecule has 164 valence electrons. The maximum Gasteiger partial charge on any atom is 0.223 e. The van der Waals surface area contributed by atoms with Crippen molar-refractivity contribution in [2.24, 2.45) is 0 Å². The standard InChI is InChI=1S/C23H33N3O4/c1-15(14-28-2)26-22-11-19-20(16-3-5-17(27)6-4-16)12-25-23(21(19)13-24-22)30-18-7-9-29-10-8-18/h11-13,15-18,27H,3-10,14H2,1-2H3,(H,24,26)/t15-,16?,17?/m0/s1. The Morgan fingerprint density at radius 3 is 2.60 bits per heavy atom. The molecule has 2 aliphatic rings. The van der Waals surface area contributed by atoms with Gasteiger partial charge in [0.25, 0.3) is 0 Å². The van der Waals surface area contributed by atoms with Gasteiger partial charge in [0, 0.05) is 38.4 Å². The van der Waals surface area contributed by atoms with Crippen molar-refractivity contribution in [2.45, 2.75) is 69.6 Å². The second-order valence-electron chi connectivity index (χ2n) is 8.57. The first kappa shape index (κ1) is 21.3. The van der Waals surface area contributed by atoms with Gasteiger partial charge in [-0.05, 0) is 55.5 Å². The monoisotopic (exact) mass is 415 g/mol. The molecular weight excluding hydrogens is 382 g/mol. The van der Waals surface area contributed by atoms with Crippen molar-refractivity contribution in [3.8, 4) is 5.88 Å². The summed E-state index contributed by atoms with van der Waals surface area (Å²) in [5, 5.41) is 15.4. The molecule has 1 aliphatic carbocycles. The van der Waals surface area contributed by atoms with E-state index in [4.69, 9.17) is 19.2 Å². The van der Waals surface area contributed by atoms with Gasteiger partial charge in [-0.3, -0.25) is 0 Å². The highest BCUT2D eigenvalue weighted by Crippen LogP contribution is 2.39. The predicted molar refractivity (Wildman–Crippen MR) is 116 cm³/mol. The van der Waals surface area contributed by atoms with Crippen LogP contribution in [0.2, 0.25) is 0 Å². The number of nitrogens with one attached hydrogen (secondary N) is 1. The molecule has 0 bridgehead atoms. The second kappa shape index (κ2) is 9.90. The molecule has 1 saturated carbocycles. The fourth-order valence-electron chi connectivity index (χ4n) is 4.51. The highest BCUT2D eigenvalue weighted by Gasteiger charge is 2.25. The maximum absolute atomic E-state index is 9.93. The summed E-state index contributed by atoms with van der Waals surface area (Å²) in [7, 11) is 1.70. The molecule has 0 unspecified atom stereocenters. The first-order valence-electron chi connectivity index (χ1n) is 11.1. The molecule has 2 fully saturated rings. The van der Waals surface area contributed by atoms with Gasteiger partial charge in [-0.25, -0.2) is 9.97 Å². The minimum absolute atomic E-state index is 0.129. The number of anilines is 1. The number of aliphatic hydroxyl groups excluding tert-OH is 1. The van der Waals surface area contributed by atoms with Crippen molar-refractivity contribution in [1.82, 2.24) is 9.97 Å². The van der Waals surface area contributed by atoms with Gasteiger partial charge >= 0.3 is 0 Å². The van der Waals surface area contributed by atoms with E-state index in [1.807, 2.05) is 12.4 Å². The lowest BCUT2D eigenvalue weighted by atomic mass is 9.82. The lowest BCUT2D eigenvalue weighted by Gasteiger charge is -2.28. The Kier molecular flexibility index (Phi) is 7.02. The van der Waals surface area contributed by atoms with Gasteiger partial charge in [0.2, 0.25) is 5.88 Å². The fourth-order valence-corrected chi connectivity index (χ4v) is 4.51. The summed E-state index contributed by atoms with van der Waals surface area (Å²) in [6.07, 6.45) is 9.20. The minimum Gasteiger partial charge on any atom is -0.474 e. The van der Waals surface area contributed by atoms with Crippen LogP contribution in [0.1, 0.15) is 56.9 Å². The number of fused-ring (bicyclic) bond motifs is 1. The quantitative estimate of drug-likeness (QED) is 0.714. The molecule has 7 heteroatoms. The molecule has 0 amide bonds. The average Bonchev–Trinajstić information content (AvgIpc) is 2.75. The van der Waals surface area contributed by atoms with Crippen molar-refractivity contribution in [3.63, 3.8) is 0 Å². The van der Waals surface area contributed by atoms with E-state index in [1.54, 1.807) is 7.11 Å². The number of hydrogen-bond donors (Lipinski definition) is 2. The highest BCUT2D eigenvalue weighted by molar-refractivity contribution is 5.91. The molecule has 0 aromatic carbocycles. The number of pyridine rings is 2. The fraction of sp³-hybridized carbons (Fsp3) is 0.652. The summed E-state index contributed by atoms with van der Waals surface area (Å²) in [4.78, 5) is 9.34. The molecule has 2 N–H and O–H groups in total. The molecule has 1 aliphatic heterocycles. The Morgan fingerprint density at radius 1 is 1.10 bits per heavy atom. The van der Waals surface area contributed by atoms with E-state index in [0.29, 0.717) is 18.4 Å². The maximum atomic E-state index is 9.93. The zero-order valence-electron chi connectivity index (χ0n) is 18.0. The average molecular weight is 416 g/mol. The van der Waals surface area contributed by atoms with Crippen LogP contribution in [0, 0.1) is 0 Å². The van der Waals surface area contributed by atoms with Crippen LogP contribution in [-0.2, 0) is 9.47 Å². The lowest BCUT2D eigenvalue weighted by molar-refractivity contribution is 0.0244. The van der Waals surface area contributed by atoms with Gasteiger partial charge in [-0.15, -0.1) is 0 Å². The van der Waals surface area contributed by atoms with E-state index in [1.165, 1.54) is 5.56 Å². The van der Waals surface area contributed by atoms with Gasteiger partial charge in [-0.2, -0.15) is 0 Å². The number of hydrogen-bond acceptors (Lipinski definition) is 7. The molecule has 30 heavy (non-hydrogen) atoms. The summed E-state index contributed by atoms with van der Waals surface area (Å²) < 4.78 is 17.0. The van der Waals surface area contributed by atoms with Crippen LogP contribution in [0.4, 0.5) is 5.82 Å². The number of nitrogens with zero attached hydrogens (tertiary/aromatic N) is 2. The summed E-state index contributed by atoms with van der Waals surface area (Å²) in [6.45, 7) is 4.15. The third-order valence-corrected chi connectivity index (χ3v) is 6.16. The summed E-state index contributed by atoms with van der Waals surface area (Å²) >= 11 is 0. The molecule has 1 atom stereocenters. The SMILES string of the molecule is COC[C@H](C)Nc1cc2c(C3CCC(O)CC3)cnc(OC3CCOCC3)c2cn1. The number of aliphatic hydroxyl groups is 1. The summed E-state index contributed by atoms with van der Waals surface area (Å²) in [5.41, 5.74) is 1.22. The lowest BCUT2D eigenvalue weighted by Crippen LogP contribution is -2.26. The molecule has 4 rings (SSSR count). The first-order chi connectivity index (χ1) is 14.6. The van der Waals surface area contributed by atoms with Crippen molar-refractivity contribution >= 4 is 16.6 Å². The topological polar surface area (TPSA) is 85.7 Å². The molecule has 0 spiro atoms. The van der Waals surface area contributed by atoms with Crippen LogP contribution in [0.15, 0.2) is 18.5 Å². The van der Waals surface area contributed by atoms with Crippen LogP contribution < -0.4 is 10.1 Å². The zero-order chi connectivity index (χ0) is 20.9.